The summed E-state index contributed by atoms with van der Waals surface area (Å²) in [6, 6.07) is 24.2. The Bertz CT molecular complexity index is 1890. The van der Waals surface area contributed by atoms with Crippen LogP contribution in [0.3, 0.4) is 0 Å². The molecule has 0 spiro atoms. The summed E-state index contributed by atoms with van der Waals surface area (Å²) in [7, 11) is 0. The third-order valence-corrected chi connectivity index (χ3v) is 7.51. The standard InChI is InChI=1S/C32H18ClNO7/c33-24-25(28(37)20-10-4-3-9-19(20)27(24)36)34-31(39)29(38)23(30-21-11-5-6-12-22(21)32(40)41-30)26(35)18-14-13-16-7-1-2-8-17(16)15-18/h1-15,23,30H,(H,34,39)/t23-,30-/m1/s1. The Kier molecular flexibility index (Phi) is 6.40. The predicted octanol–water partition coefficient (Wildman–Crippen LogP) is 4.77. The zero-order chi connectivity index (χ0) is 28.8. The van der Waals surface area contributed by atoms with Crippen LogP contribution < -0.4 is 5.32 Å². The van der Waals surface area contributed by atoms with Gasteiger partial charge in [-0.05, 0) is 22.9 Å². The highest BCUT2D eigenvalue weighted by Crippen LogP contribution is 2.38. The Morgan fingerprint density at radius 1 is 0.732 bits per heavy atom. The summed E-state index contributed by atoms with van der Waals surface area (Å²) in [4.78, 5) is 79.5. The fourth-order valence-electron chi connectivity index (χ4n) is 5.11. The van der Waals surface area contributed by atoms with Gasteiger partial charge in [0, 0.05) is 22.3 Å². The van der Waals surface area contributed by atoms with Crippen LogP contribution in [0.5, 0.6) is 0 Å². The van der Waals surface area contributed by atoms with Gasteiger partial charge in [-0.2, -0.15) is 0 Å². The van der Waals surface area contributed by atoms with E-state index in [9.17, 15) is 28.8 Å². The Morgan fingerprint density at radius 2 is 1.34 bits per heavy atom. The van der Waals surface area contributed by atoms with Crippen LogP contribution in [0.25, 0.3) is 10.8 Å². The van der Waals surface area contributed by atoms with Crippen molar-refractivity contribution in [1.82, 2.24) is 5.32 Å². The zero-order valence-corrected chi connectivity index (χ0v) is 21.8. The minimum Gasteiger partial charge on any atom is -0.453 e. The number of hydrogen-bond donors (Lipinski definition) is 1. The number of esters is 1. The van der Waals surface area contributed by atoms with Crippen molar-refractivity contribution in [3.05, 3.63) is 130 Å². The number of allylic oxidation sites excluding steroid dienone is 2. The van der Waals surface area contributed by atoms with E-state index in [-0.39, 0.29) is 27.8 Å². The summed E-state index contributed by atoms with van der Waals surface area (Å²) < 4.78 is 5.47. The minimum absolute atomic E-state index is 0.00656. The van der Waals surface area contributed by atoms with Gasteiger partial charge in [0.1, 0.15) is 22.8 Å². The largest absolute Gasteiger partial charge is 0.453 e. The van der Waals surface area contributed by atoms with Crippen molar-refractivity contribution in [3.63, 3.8) is 0 Å². The molecule has 1 aliphatic heterocycles. The molecule has 9 heteroatoms. The van der Waals surface area contributed by atoms with Crippen molar-refractivity contribution >= 4 is 57.4 Å². The Hall–Kier alpha value is -5.21. The lowest BCUT2D eigenvalue weighted by Crippen LogP contribution is -2.43. The predicted molar refractivity (Wildman–Crippen MR) is 147 cm³/mol. The van der Waals surface area contributed by atoms with E-state index < -0.39 is 57.8 Å². The SMILES string of the molecule is O=C(NC1=C(Cl)C(=O)c2ccccc2C1=O)C(=O)[C@@H](C(=O)c1ccc2ccccc2c1)[C@@H]1OC(=O)c2ccccc21. The number of hydrogen-bond acceptors (Lipinski definition) is 7. The van der Waals surface area contributed by atoms with Crippen LogP contribution in [0.4, 0.5) is 0 Å². The molecular weight excluding hydrogens is 546 g/mol. The number of benzene rings is 4. The number of rotatable bonds is 6. The molecule has 1 heterocycles. The number of ether oxygens (including phenoxy) is 1. The summed E-state index contributed by atoms with van der Waals surface area (Å²) in [6.07, 6.45) is -1.40. The second-order valence-electron chi connectivity index (χ2n) is 9.53. The lowest BCUT2D eigenvalue weighted by atomic mass is 9.84. The van der Waals surface area contributed by atoms with Crippen molar-refractivity contribution in [3.8, 4) is 0 Å². The molecule has 2 atom stereocenters. The topological polar surface area (TPSA) is 124 Å². The molecule has 1 N–H and O–H groups in total. The van der Waals surface area contributed by atoms with E-state index >= 15 is 0 Å². The van der Waals surface area contributed by atoms with Crippen LogP contribution in [-0.4, -0.2) is 35.0 Å². The first-order chi connectivity index (χ1) is 19.8. The molecule has 0 saturated carbocycles. The molecule has 41 heavy (non-hydrogen) atoms. The van der Waals surface area contributed by atoms with E-state index in [0.29, 0.717) is 0 Å². The number of cyclic esters (lactones) is 1. The zero-order valence-electron chi connectivity index (χ0n) is 21.1. The highest BCUT2D eigenvalue weighted by Gasteiger charge is 2.47. The normalized spacial score (nSPS) is 16.6. The Morgan fingerprint density at radius 3 is 2.07 bits per heavy atom. The number of ketones is 4. The van der Waals surface area contributed by atoms with E-state index in [1.807, 2.05) is 12.1 Å². The fraction of sp³-hybridized carbons (Fsp3) is 0.0625. The van der Waals surface area contributed by atoms with Gasteiger partial charge in [-0.1, -0.05) is 90.5 Å². The van der Waals surface area contributed by atoms with Crippen LogP contribution in [-0.2, 0) is 14.3 Å². The van der Waals surface area contributed by atoms with Crippen LogP contribution >= 0.6 is 11.6 Å². The van der Waals surface area contributed by atoms with E-state index in [4.69, 9.17) is 16.3 Å². The van der Waals surface area contributed by atoms with E-state index in [1.165, 1.54) is 36.4 Å². The van der Waals surface area contributed by atoms with Crippen molar-refractivity contribution in [2.45, 2.75) is 6.10 Å². The maximum absolute atomic E-state index is 13.9. The van der Waals surface area contributed by atoms with Gasteiger partial charge in [0.2, 0.25) is 17.3 Å². The average molecular weight is 564 g/mol. The van der Waals surface area contributed by atoms with Gasteiger partial charge >= 0.3 is 5.97 Å². The quantitative estimate of drug-likeness (QED) is 0.155. The first-order valence-electron chi connectivity index (χ1n) is 12.5. The van der Waals surface area contributed by atoms with Gasteiger partial charge < -0.3 is 10.1 Å². The second kappa shape index (κ2) is 10.1. The van der Waals surface area contributed by atoms with Gasteiger partial charge in [-0.25, -0.2) is 4.79 Å². The van der Waals surface area contributed by atoms with Crippen LogP contribution in [0.1, 0.15) is 53.1 Å². The molecule has 0 saturated heterocycles. The van der Waals surface area contributed by atoms with E-state index in [0.717, 1.165) is 10.8 Å². The van der Waals surface area contributed by atoms with Gasteiger partial charge in [0.15, 0.2) is 5.78 Å². The summed E-state index contributed by atoms with van der Waals surface area (Å²) in [5.74, 6) is -7.39. The summed E-state index contributed by atoms with van der Waals surface area (Å²) in [5.41, 5.74) is 0.0443. The molecule has 8 nitrogen and oxygen atoms in total. The van der Waals surface area contributed by atoms with Crippen molar-refractivity contribution in [1.29, 1.82) is 0 Å². The first-order valence-corrected chi connectivity index (χ1v) is 12.9. The average Bonchev–Trinajstić information content (AvgIpc) is 3.33. The molecule has 0 fully saturated rings. The first kappa shape index (κ1) is 26.0. The molecular formula is C32H18ClNO7. The molecule has 6 rings (SSSR count). The molecule has 1 amide bonds. The summed E-state index contributed by atoms with van der Waals surface area (Å²) >= 11 is 6.16. The molecule has 200 valence electrons. The third kappa shape index (κ3) is 4.34. The van der Waals surface area contributed by atoms with Crippen LogP contribution in [0.2, 0.25) is 0 Å². The Labute approximate surface area is 237 Å². The highest BCUT2D eigenvalue weighted by molar-refractivity contribution is 6.51. The maximum Gasteiger partial charge on any atom is 0.339 e. The summed E-state index contributed by atoms with van der Waals surface area (Å²) in [6.45, 7) is 0. The highest BCUT2D eigenvalue weighted by atomic mass is 35.5. The fourth-order valence-corrected chi connectivity index (χ4v) is 5.35. The number of nitrogens with one attached hydrogen (secondary N) is 1. The molecule has 1 aliphatic carbocycles. The van der Waals surface area contributed by atoms with Gasteiger partial charge in [-0.15, -0.1) is 0 Å². The molecule has 0 aromatic heterocycles. The number of amides is 1. The number of fused-ring (bicyclic) bond motifs is 3. The van der Waals surface area contributed by atoms with Gasteiger partial charge in [0.25, 0.3) is 5.91 Å². The lowest BCUT2D eigenvalue weighted by Gasteiger charge is -2.22. The van der Waals surface area contributed by atoms with Crippen molar-refractivity contribution < 1.29 is 33.5 Å². The molecule has 0 unspecified atom stereocenters. The molecule has 0 bridgehead atoms. The van der Waals surface area contributed by atoms with Crippen LogP contribution in [0, 0.1) is 5.92 Å². The lowest BCUT2D eigenvalue weighted by molar-refractivity contribution is -0.140. The van der Waals surface area contributed by atoms with Gasteiger partial charge in [-0.3, -0.25) is 24.0 Å². The number of carbonyl (C=O) groups is 6. The number of Topliss-reactive ketones (excluding diaryl/α,β-unsaturated/α-hetero) is 4. The number of halogens is 1. The third-order valence-electron chi connectivity index (χ3n) is 7.15. The van der Waals surface area contributed by atoms with Crippen molar-refractivity contribution in [2.24, 2.45) is 5.92 Å². The molecule has 4 aromatic carbocycles. The smallest absolute Gasteiger partial charge is 0.339 e. The summed E-state index contributed by atoms with van der Waals surface area (Å²) in [5, 5.41) is 3.17. The molecule has 0 radical (unpaired) electrons. The van der Waals surface area contributed by atoms with Crippen molar-refractivity contribution in [2.75, 3.05) is 0 Å². The minimum atomic E-state index is -1.79. The van der Waals surface area contributed by atoms with Gasteiger partial charge in [0.05, 0.1) is 5.56 Å². The number of carbonyl (C=O) groups excluding carboxylic acids is 6. The maximum atomic E-state index is 13.9. The monoisotopic (exact) mass is 563 g/mol. The molecule has 4 aromatic rings. The van der Waals surface area contributed by atoms with Crippen LogP contribution in [0.15, 0.2) is 102 Å². The Balaban J connectivity index is 1.39. The van der Waals surface area contributed by atoms with E-state index in [2.05, 4.69) is 5.32 Å². The van der Waals surface area contributed by atoms with E-state index in [1.54, 1.807) is 42.5 Å². The second-order valence-corrected chi connectivity index (χ2v) is 9.91. The molecule has 2 aliphatic rings.